The van der Waals surface area contributed by atoms with Gasteiger partial charge in [0.15, 0.2) is 0 Å². The number of carbonyl (C=O) groups excluding carboxylic acids is 1. The third-order valence-electron chi connectivity index (χ3n) is 4.29. The zero-order chi connectivity index (χ0) is 20.5. The molecule has 5 heteroatoms. The van der Waals surface area contributed by atoms with E-state index >= 15 is 0 Å². The molecule has 4 nitrogen and oxygen atoms in total. The molecule has 0 unspecified atom stereocenters. The van der Waals surface area contributed by atoms with Gasteiger partial charge in [-0.2, -0.15) is 0 Å². The van der Waals surface area contributed by atoms with Crippen molar-refractivity contribution in [2.24, 2.45) is 0 Å². The Morgan fingerprint density at radius 2 is 1.61 bits per heavy atom. The van der Waals surface area contributed by atoms with Crippen LogP contribution in [-0.4, -0.2) is 17.0 Å². The van der Waals surface area contributed by atoms with Crippen LogP contribution in [0, 0.1) is 0 Å². The Hall–Kier alpha value is -2.79. The fourth-order valence-electron chi connectivity index (χ4n) is 2.45. The maximum Gasteiger partial charge on any atom is 0.333 e. The van der Waals surface area contributed by atoms with Gasteiger partial charge < -0.3 is 10.4 Å². The van der Waals surface area contributed by atoms with Crippen molar-refractivity contribution in [2.75, 3.05) is 0 Å². The first-order valence-electron chi connectivity index (χ1n) is 9.10. The highest BCUT2D eigenvalue weighted by Crippen LogP contribution is 2.26. The molecule has 0 bridgehead atoms. The van der Waals surface area contributed by atoms with Gasteiger partial charge in [0.05, 0.1) is 10.6 Å². The van der Waals surface area contributed by atoms with E-state index in [0.29, 0.717) is 11.4 Å². The molecular weight excluding hydrogens is 370 g/mol. The molecule has 0 radical (unpaired) electrons. The molecule has 2 rings (SSSR count). The summed E-state index contributed by atoms with van der Waals surface area (Å²) in [5.41, 5.74) is 3.48. The normalized spacial score (nSPS) is 12.3. The van der Waals surface area contributed by atoms with E-state index in [-0.39, 0.29) is 17.9 Å². The molecule has 28 heavy (non-hydrogen) atoms. The summed E-state index contributed by atoms with van der Waals surface area (Å²) >= 11 is 1.26. The number of carbonyl (C=O) groups is 2. The van der Waals surface area contributed by atoms with Gasteiger partial charge >= 0.3 is 5.97 Å². The largest absolute Gasteiger partial charge is 0.478 e. The highest BCUT2D eigenvalue weighted by atomic mass is 32.2. The lowest BCUT2D eigenvalue weighted by atomic mass is 10.0. The topological polar surface area (TPSA) is 66.4 Å². The van der Waals surface area contributed by atoms with E-state index in [2.05, 4.69) is 17.4 Å². The van der Waals surface area contributed by atoms with Crippen molar-refractivity contribution in [1.82, 2.24) is 5.32 Å². The molecule has 0 aromatic heterocycles. The quantitative estimate of drug-likeness (QED) is 0.589. The molecule has 146 valence electrons. The third kappa shape index (κ3) is 6.43. The molecule has 0 saturated heterocycles. The fraction of sp³-hybridized carbons (Fsp3) is 0.217. The monoisotopic (exact) mass is 395 g/mol. The molecule has 0 atom stereocenters. The van der Waals surface area contributed by atoms with Gasteiger partial charge in [0.1, 0.15) is 0 Å². The summed E-state index contributed by atoms with van der Waals surface area (Å²) in [5.74, 6) is -1.23. The van der Waals surface area contributed by atoms with Gasteiger partial charge in [0.2, 0.25) is 5.91 Å². The molecule has 0 spiro atoms. The van der Waals surface area contributed by atoms with Gasteiger partial charge in [0.25, 0.3) is 0 Å². The number of benzene rings is 2. The minimum atomic E-state index is -1.04. The summed E-state index contributed by atoms with van der Waals surface area (Å²) in [6, 6.07) is 18.3. The zero-order valence-electron chi connectivity index (χ0n) is 16.4. The lowest BCUT2D eigenvalue weighted by molar-refractivity contribution is -0.132. The second-order valence-electron chi connectivity index (χ2n) is 6.37. The minimum absolute atomic E-state index is 0.131. The Morgan fingerprint density at radius 1 is 1.00 bits per heavy atom. The molecule has 0 saturated carbocycles. The molecule has 2 aromatic carbocycles. The maximum absolute atomic E-state index is 12.3. The van der Waals surface area contributed by atoms with Crippen molar-refractivity contribution in [3.63, 3.8) is 0 Å². The van der Waals surface area contributed by atoms with Crippen molar-refractivity contribution in [3.05, 3.63) is 81.7 Å². The van der Waals surface area contributed by atoms with Gasteiger partial charge in [-0.3, -0.25) is 4.79 Å². The minimum Gasteiger partial charge on any atom is -0.478 e. The molecule has 1 amide bonds. The van der Waals surface area contributed by atoms with E-state index in [9.17, 15) is 14.7 Å². The van der Waals surface area contributed by atoms with Crippen molar-refractivity contribution in [2.45, 2.75) is 33.6 Å². The molecule has 2 N–H and O–H groups in total. The van der Waals surface area contributed by atoms with Gasteiger partial charge in [-0.15, -0.1) is 0 Å². The molecule has 0 aliphatic carbocycles. The van der Waals surface area contributed by atoms with E-state index in [1.807, 2.05) is 62.4 Å². The number of carboxylic acids is 1. The number of aryl methyl sites for hydroxylation is 1. The molecule has 0 fully saturated rings. The van der Waals surface area contributed by atoms with Gasteiger partial charge in [-0.25, -0.2) is 4.79 Å². The summed E-state index contributed by atoms with van der Waals surface area (Å²) in [6.45, 7) is 5.24. The number of hydrogen-bond acceptors (Lipinski definition) is 3. The fourth-order valence-corrected chi connectivity index (χ4v) is 3.30. The smallest absolute Gasteiger partial charge is 0.333 e. The first-order chi connectivity index (χ1) is 13.4. The van der Waals surface area contributed by atoms with E-state index < -0.39 is 5.97 Å². The van der Waals surface area contributed by atoms with Crippen molar-refractivity contribution >= 4 is 23.6 Å². The molecule has 2 aromatic rings. The van der Waals surface area contributed by atoms with Gasteiger partial charge in [-0.1, -0.05) is 72.4 Å². The van der Waals surface area contributed by atoms with Crippen LogP contribution >= 0.6 is 11.8 Å². The van der Waals surface area contributed by atoms with Crippen molar-refractivity contribution < 1.29 is 14.7 Å². The Labute approximate surface area is 170 Å². The molecule has 0 aliphatic heterocycles. The SMILES string of the molecule is C/C=C(\C)S/C(NC(=O)CCc1ccc(-c2ccccc2)cc1)=C(\C)C(=O)O. The average molecular weight is 396 g/mol. The van der Waals surface area contributed by atoms with E-state index in [0.717, 1.165) is 21.6 Å². The number of thioether (sulfide) groups is 1. The first-order valence-corrected chi connectivity index (χ1v) is 9.91. The highest BCUT2D eigenvalue weighted by Gasteiger charge is 2.14. The number of allylic oxidation sites excluding steroid dienone is 2. The number of hydrogen-bond donors (Lipinski definition) is 2. The summed E-state index contributed by atoms with van der Waals surface area (Å²) in [4.78, 5) is 24.5. The Bertz CT molecular complexity index is 884. The van der Waals surface area contributed by atoms with Crippen molar-refractivity contribution in [1.29, 1.82) is 0 Å². The van der Waals surface area contributed by atoms with Crippen LogP contribution in [0.1, 0.15) is 32.8 Å². The van der Waals surface area contributed by atoms with Crippen LogP contribution in [0.4, 0.5) is 0 Å². The number of amides is 1. The summed E-state index contributed by atoms with van der Waals surface area (Å²) in [6.07, 6.45) is 2.75. The molecule has 0 heterocycles. The van der Waals surface area contributed by atoms with Gasteiger partial charge in [-0.05, 0) is 48.8 Å². The lowest BCUT2D eigenvalue weighted by Gasteiger charge is -2.12. The lowest BCUT2D eigenvalue weighted by Crippen LogP contribution is -2.24. The van der Waals surface area contributed by atoms with Gasteiger partial charge in [0, 0.05) is 6.42 Å². The maximum atomic E-state index is 12.3. The first kappa shape index (κ1) is 21.5. The summed E-state index contributed by atoms with van der Waals surface area (Å²) in [7, 11) is 0. The average Bonchev–Trinajstić information content (AvgIpc) is 2.72. The highest BCUT2D eigenvalue weighted by molar-refractivity contribution is 8.06. The van der Waals surface area contributed by atoms with E-state index in [1.165, 1.54) is 18.7 Å². The number of nitrogens with one attached hydrogen (secondary N) is 1. The van der Waals surface area contributed by atoms with Crippen molar-refractivity contribution in [3.8, 4) is 11.1 Å². The Kier molecular flexibility index (Phi) is 8.08. The second-order valence-corrected chi connectivity index (χ2v) is 7.63. The molecule has 0 aliphatic rings. The Morgan fingerprint density at radius 3 is 2.18 bits per heavy atom. The van der Waals surface area contributed by atoms with Crippen LogP contribution < -0.4 is 5.32 Å². The van der Waals surface area contributed by atoms with Crippen LogP contribution in [0.15, 0.2) is 76.2 Å². The predicted molar refractivity (Wildman–Crippen MR) is 116 cm³/mol. The summed E-state index contributed by atoms with van der Waals surface area (Å²) < 4.78 is 0. The predicted octanol–water partition coefficient (Wildman–Crippen LogP) is 5.38. The zero-order valence-corrected chi connectivity index (χ0v) is 17.2. The van der Waals surface area contributed by atoms with Crippen LogP contribution in [0.5, 0.6) is 0 Å². The Balaban J connectivity index is 1.98. The number of rotatable bonds is 8. The van der Waals surface area contributed by atoms with Crippen LogP contribution in [0.25, 0.3) is 11.1 Å². The van der Waals surface area contributed by atoms with Crippen LogP contribution in [-0.2, 0) is 16.0 Å². The summed E-state index contributed by atoms with van der Waals surface area (Å²) in [5, 5.41) is 12.4. The van der Waals surface area contributed by atoms with Crippen LogP contribution in [0.3, 0.4) is 0 Å². The second kappa shape index (κ2) is 10.5. The third-order valence-corrected chi connectivity index (χ3v) is 5.46. The van der Waals surface area contributed by atoms with Crippen LogP contribution in [0.2, 0.25) is 0 Å². The standard InChI is InChI=1S/C23H25NO3S/c1-4-16(2)28-22(17(3)23(26)27)24-21(25)15-12-18-10-13-20(14-11-18)19-8-6-5-7-9-19/h4-11,13-14H,12,15H2,1-3H3,(H,24,25)(H,26,27)/b16-4+,22-17+. The van der Waals surface area contributed by atoms with E-state index in [1.54, 1.807) is 0 Å². The molecular formula is C23H25NO3S. The number of aliphatic carboxylic acids is 1. The van der Waals surface area contributed by atoms with E-state index in [4.69, 9.17) is 0 Å². The number of carboxylic acid groups (broad SMARTS) is 1.